The minimum atomic E-state index is -3.25. The van der Waals surface area contributed by atoms with Crippen molar-refractivity contribution in [2.45, 2.75) is 31.7 Å². The summed E-state index contributed by atoms with van der Waals surface area (Å²) < 4.78 is 23.3. The van der Waals surface area contributed by atoms with Crippen LogP contribution in [0.3, 0.4) is 0 Å². The predicted octanol–water partition coefficient (Wildman–Crippen LogP) is -0.524. The average molecular weight is 318 g/mol. The first-order valence-corrected chi connectivity index (χ1v) is 9.12. The van der Waals surface area contributed by atoms with E-state index in [9.17, 15) is 18.0 Å². The molecule has 21 heavy (non-hydrogen) atoms. The van der Waals surface area contributed by atoms with E-state index in [1.54, 1.807) is 0 Å². The number of sulfone groups is 1. The lowest BCUT2D eigenvalue weighted by molar-refractivity contribution is -0.140. The summed E-state index contributed by atoms with van der Waals surface area (Å²) in [6.07, 6.45) is 2.07. The van der Waals surface area contributed by atoms with Gasteiger partial charge in [0.25, 0.3) is 0 Å². The van der Waals surface area contributed by atoms with Gasteiger partial charge in [0.1, 0.15) is 0 Å². The number of carbonyl (C=O) groups excluding carboxylic acids is 1. The van der Waals surface area contributed by atoms with Gasteiger partial charge in [0, 0.05) is 13.0 Å². The minimum Gasteiger partial charge on any atom is -0.481 e. The predicted molar refractivity (Wildman–Crippen MR) is 76.6 cm³/mol. The fourth-order valence-electron chi connectivity index (χ4n) is 3.05. The highest BCUT2D eigenvalue weighted by molar-refractivity contribution is 7.91. The molecule has 1 amide bonds. The highest BCUT2D eigenvalue weighted by Gasteiger charge is 2.35. The Morgan fingerprint density at radius 1 is 1.29 bits per heavy atom. The van der Waals surface area contributed by atoms with Gasteiger partial charge in [-0.2, -0.15) is 0 Å². The van der Waals surface area contributed by atoms with Crippen LogP contribution in [-0.2, 0) is 19.4 Å². The van der Waals surface area contributed by atoms with Crippen molar-refractivity contribution >= 4 is 21.7 Å². The Morgan fingerprint density at radius 3 is 2.67 bits per heavy atom. The van der Waals surface area contributed by atoms with Crippen molar-refractivity contribution in [1.82, 2.24) is 10.2 Å². The third kappa shape index (κ3) is 4.67. The maximum absolute atomic E-state index is 12.4. The molecule has 0 saturated carbocycles. The maximum Gasteiger partial charge on any atom is 0.305 e. The summed E-state index contributed by atoms with van der Waals surface area (Å²) in [4.78, 5) is 24.7. The number of carbonyl (C=O) groups is 2. The van der Waals surface area contributed by atoms with Crippen LogP contribution < -0.4 is 5.32 Å². The molecule has 2 unspecified atom stereocenters. The number of nitrogens with zero attached hydrogens (tertiary/aromatic N) is 1. The van der Waals surface area contributed by atoms with Crippen LogP contribution in [0.15, 0.2) is 0 Å². The van der Waals surface area contributed by atoms with E-state index in [2.05, 4.69) is 5.32 Å². The summed E-state index contributed by atoms with van der Waals surface area (Å²) >= 11 is 0. The third-order valence-electron chi connectivity index (χ3n) is 4.12. The Bertz CT molecular complexity index is 499. The molecule has 0 radical (unpaired) electrons. The Kier molecular flexibility index (Phi) is 5.21. The molecule has 2 aliphatic rings. The zero-order valence-electron chi connectivity index (χ0n) is 12.0. The Labute approximate surface area is 124 Å². The molecule has 7 nitrogen and oxygen atoms in total. The van der Waals surface area contributed by atoms with Gasteiger partial charge in [-0.15, -0.1) is 0 Å². The van der Waals surface area contributed by atoms with Crippen molar-refractivity contribution in [3.8, 4) is 0 Å². The first-order valence-electron chi connectivity index (χ1n) is 7.30. The Balaban J connectivity index is 2.00. The van der Waals surface area contributed by atoms with Crippen LogP contribution in [0.5, 0.6) is 0 Å². The number of nitrogens with one attached hydrogen (secondary N) is 1. The van der Waals surface area contributed by atoms with Crippen molar-refractivity contribution in [1.29, 1.82) is 0 Å². The largest absolute Gasteiger partial charge is 0.481 e. The lowest BCUT2D eigenvalue weighted by Crippen LogP contribution is -2.52. The second kappa shape index (κ2) is 6.74. The van der Waals surface area contributed by atoms with Crippen molar-refractivity contribution < 1.29 is 23.1 Å². The number of hydrogen-bond donors (Lipinski definition) is 2. The second-order valence-corrected chi connectivity index (χ2v) is 8.10. The monoisotopic (exact) mass is 318 g/mol. The van der Waals surface area contributed by atoms with E-state index in [-0.39, 0.29) is 36.3 Å². The van der Waals surface area contributed by atoms with Gasteiger partial charge in [0.15, 0.2) is 9.84 Å². The molecule has 8 heteroatoms. The number of piperidine rings is 1. The molecule has 0 bridgehead atoms. The van der Waals surface area contributed by atoms with Gasteiger partial charge < -0.3 is 15.3 Å². The standard InChI is InChI=1S/C13H22N2O5S/c16-12(6-10-2-1-3-14-8-10)15-4-5-21(19,20)9-11(15)7-13(17)18/h10-11,14H,1-9H2,(H,17,18). The molecule has 0 aromatic carbocycles. The summed E-state index contributed by atoms with van der Waals surface area (Å²) in [5.41, 5.74) is 0. The van der Waals surface area contributed by atoms with Crippen molar-refractivity contribution in [3.05, 3.63) is 0 Å². The first kappa shape index (κ1) is 16.2. The average Bonchev–Trinajstić information content (AvgIpc) is 2.38. The van der Waals surface area contributed by atoms with Gasteiger partial charge in [-0.1, -0.05) is 0 Å². The van der Waals surface area contributed by atoms with E-state index in [0.29, 0.717) is 6.42 Å². The van der Waals surface area contributed by atoms with Gasteiger partial charge >= 0.3 is 5.97 Å². The van der Waals surface area contributed by atoms with Gasteiger partial charge in [-0.25, -0.2) is 8.42 Å². The fraction of sp³-hybridized carbons (Fsp3) is 0.846. The molecule has 120 valence electrons. The number of carboxylic acids is 1. The molecule has 2 saturated heterocycles. The van der Waals surface area contributed by atoms with Gasteiger partial charge in [-0.05, 0) is 31.8 Å². The third-order valence-corrected chi connectivity index (χ3v) is 5.82. The topological polar surface area (TPSA) is 104 Å². The maximum atomic E-state index is 12.4. The van der Waals surface area contributed by atoms with Crippen LogP contribution in [0.25, 0.3) is 0 Å². The molecule has 0 aromatic heterocycles. The summed E-state index contributed by atoms with van der Waals surface area (Å²) in [6.45, 7) is 1.87. The SMILES string of the molecule is O=C(O)CC1CS(=O)(=O)CCN1C(=O)CC1CCCNC1. The van der Waals surface area contributed by atoms with E-state index in [1.807, 2.05) is 0 Å². The zero-order valence-corrected chi connectivity index (χ0v) is 12.8. The van der Waals surface area contributed by atoms with E-state index in [0.717, 1.165) is 25.9 Å². The van der Waals surface area contributed by atoms with Crippen LogP contribution in [0.2, 0.25) is 0 Å². The highest BCUT2D eigenvalue weighted by Crippen LogP contribution is 2.20. The molecule has 2 rings (SSSR count). The Hall–Kier alpha value is -1.15. The molecule has 2 fully saturated rings. The lowest BCUT2D eigenvalue weighted by atomic mass is 9.95. The van der Waals surface area contributed by atoms with Crippen molar-refractivity contribution in [3.63, 3.8) is 0 Å². The van der Waals surface area contributed by atoms with E-state index >= 15 is 0 Å². The van der Waals surface area contributed by atoms with E-state index in [1.165, 1.54) is 4.90 Å². The fourth-order valence-corrected chi connectivity index (χ4v) is 4.57. The quantitative estimate of drug-likeness (QED) is 0.722. The summed E-state index contributed by atoms with van der Waals surface area (Å²) in [5.74, 6) is -1.25. The van der Waals surface area contributed by atoms with Crippen LogP contribution in [0.4, 0.5) is 0 Å². The van der Waals surface area contributed by atoms with Gasteiger partial charge in [0.2, 0.25) is 5.91 Å². The summed E-state index contributed by atoms with van der Waals surface area (Å²) in [5, 5.41) is 12.2. The molecule has 0 aliphatic carbocycles. The molecule has 2 atom stereocenters. The number of amides is 1. The first-order chi connectivity index (χ1) is 9.87. The molecular weight excluding hydrogens is 296 g/mol. The number of rotatable bonds is 4. The van der Waals surface area contributed by atoms with Gasteiger partial charge in [-0.3, -0.25) is 9.59 Å². The minimum absolute atomic E-state index is 0.0717. The molecule has 2 aliphatic heterocycles. The van der Waals surface area contributed by atoms with Crippen molar-refractivity contribution in [2.75, 3.05) is 31.1 Å². The number of carboxylic acid groups (broad SMARTS) is 1. The normalized spacial score (nSPS) is 29.0. The van der Waals surface area contributed by atoms with E-state index in [4.69, 9.17) is 5.11 Å². The summed E-state index contributed by atoms with van der Waals surface area (Å²) in [7, 11) is -3.25. The van der Waals surface area contributed by atoms with Crippen LogP contribution in [0, 0.1) is 5.92 Å². The van der Waals surface area contributed by atoms with E-state index < -0.39 is 21.8 Å². The number of hydrogen-bond acceptors (Lipinski definition) is 5. The molecule has 2 heterocycles. The second-order valence-electron chi connectivity index (χ2n) is 5.87. The van der Waals surface area contributed by atoms with Crippen LogP contribution in [-0.4, -0.2) is 67.5 Å². The van der Waals surface area contributed by atoms with Gasteiger partial charge in [0.05, 0.1) is 24.0 Å². The smallest absolute Gasteiger partial charge is 0.305 e. The van der Waals surface area contributed by atoms with Crippen LogP contribution >= 0.6 is 0 Å². The summed E-state index contributed by atoms with van der Waals surface area (Å²) in [6, 6.07) is -0.731. The lowest BCUT2D eigenvalue weighted by Gasteiger charge is -2.36. The Morgan fingerprint density at radius 2 is 2.05 bits per heavy atom. The van der Waals surface area contributed by atoms with Crippen LogP contribution in [0.1, 0.15) is 25.7 Å². The molecule has 0 spiro atoms. The molecule has 2 N–H and O–H groups in total. The highest BCUT2D eigenvalue weighted by atomic mass is 32.2. The number of aliphatic carboxylic acids is 1. The molecule has 0 aromatic rings. The zero-order chi connectivity index (χ0) is 15.5. The molecular formula is C13H22N2O5S. The van der Waals surface area contributed by atoms with Crippen molar-refractivity contribution in [2.24, 2.45) is 5.92 Å².